The number of aryl methyl sites for hydroxylation is 2. The Kier molecular flexibility index (Phi) is 19.6. The van der Waals surface area contributed by atoms with Crippen molar-refractivity contribution in [1.82, 2.24) is 20.2 Å². The predicted octanol–water partition coefficient (Wildman–Crippen LogP) is 3.16. The summed E-state index contributed by atoms with van der Waals surface area (Å²) in [6, 6.07) is 2.70. The molecule has 2 fully saturated rings. The van der Waals surface area contributed by atoms with Crippen LogP contribution in [0, 0.1) is 59.2 Å². The van der Waals surface area contributed by atoms with Crippen LogP contribution < -0.4 is 45.0 Å². The van der Waals surface area contributed by atoms with Crippen molar-refractivity contribution in [2.24, 2.45) is 94.7 Å². The number of nitrogens with one attached hydrogen (secondary N) is 2. The van der Waals surface area contributed by atoms with Crippen molar-refractivity contribution in [2.75, 3.05) is 13.2 Å². The number of phosphoric acid groups is 1. The topological polar surface area (TPSA) is 460 Å². The molecule has 1 aromatic carbocycles. The van der Waals surface area contributed by atoms with Crippen molar-refractivity contribution >= 4 is 77.3 Å². The van der Waals surface area contributed by atoms with E-state index in [1.54, 1.807) is 4.57 Å². The number of rotatable bonds is 26. The van der Waals surface area contributed by atoms with Gasteiger partial charge in [0.05, 0.1) is 41.7 Å². The van der Waals surface area contributed by atoms with Crippen molar-refractivity contribution in [1.29, 1.82) is 0 Å². The molecule has 1 unspecified atom stereocenters. The lowest BCUT2D eigenvalue weighted by molar-refractivity contribution is -0.124. The van der Waals surface area contributed by atoms with Crippen LogP contribution in [0.15, 0.2) is 67.8 Å². The number of hydrogen-bond donors (Lipinski definition) is 11. The van der Waals surface area contributed by atoms with Gasteiger partial charge < -0.3 is 69.4 Å². The number of imidazole rings is 1. The van der Waals surface area contributed by atoms with Crippen molar-refractivity contribution in [2.45, 2.75) is 189 Å². The van der Waals surface area contributed by atoms with Crippen LogP contribution in [0.4, 0.5) is 0 Å². The Morgan fingerprint density at radius 3 is 1.99 bits per heavy atom. The first-order valence-electron chi connectivity index (χ1n) is 30.6. The number of nitrogens with two attached hydrogens (primary N) is 6. The molecule has 8 bridgehead atoms. The molecule has 1 aromatic heterocycles. The van der Waals surface area contributed by atoms with Crippen LogP contribution in [0.2, 0.25) is 0 Å². The highest BCUT2D eigenvalue weighted by Crippen LogP contribution is 2.63. The lowest BCUT2D eigenvalue weighted by Crippen LogP contribution is -2.56. The molecule has 0 aliphatic carbocycles. The number of aliphatic hydroxyl groups is 2. The molecule has 2 aromatic rings. The zero-order chi connectivity index (χ0) is 66.7. The first-order chi connectivity index (χ1) is 41.8. The molecule has 7 amide bonds. The van der Waals surface area contributed by atoms with Crippen molar-refractivity contribution in [3.05, 3.63) is 63.9 Å². The summed E-state index contributed by atoms with van der Waals surface area (Å²) >= 11 is 0. The molecule has 6 aliphatic heterocycles. The summed E-state index contributed by atoms with van der Waals surface area (Å²) in [7, 11) is -5.07. The first-order valence-corrected chi connectivity index (χ1v) is 32.1. The van der Waals surface area contributed by atoms with Gasteiger partial charge in [-0.3, -0.25) is 57.6 Å². The Balaban J connectivity index is 1.19. The summed E-state index contributed by atoms with van der Waals surface area (Å²) < 4.78 is 32.3. The molecule has 15 atom stereocenters. The van der Waals surface area contributed by atoms with E-state index in [0.717, 1.165) is 11.1 Å². The minimum Gasteiger partial charge on any atom is -0.394 e. The number of fused-ring (bicyclic) bond motifs is 7. The summed E-state index contributed by atoms with van der Waals surface area (Å²) in [4.78, 5) is 126. The van der Waals surface area contributed by atoms with E-state index in [4.69, 9.17) is 63.2 Å². The molecule has 28 heteroatoms. The molecule has 0 radical (unpaired) electrons. The van der Waals surface area contributed by atoms with Gasteiger partial charge in [-0.2, -0.15) is 0 Å². The van der Waals surface area contributed by atoms with E-state index in [9.17, 15) is 53.2 Å². The highest BCUT2D eigenvalue weighted by atomic mass is 31.2. The maximum absolute atomic E-state index is 14.4. The molecule has 492 valence electrons. The Labute approximate surface area is 523 Å². The maximum Gasteiger partial charge on any atom is 0.472 e. The van der Waals surface area contributed by atoms with Crippen LogP contribution in [-0.2, 0) is 51.9 Å². The zero-order valence-electron chi connectivity index (χ0n) is 53.3. The quantitative estimate of drug-likeness (QED) is 0.0603. The summed E-state index contributed by atoms with van der Waals surface area (Å²) in [5, 5.41) is 28.2. The van der Waals surface area contributed by atoms with Gasteiger partial charge in [0.25, 0.3) is 0 Å². The molecule has 0 saturated carbocycles. The van der Waals surface area contributed by atoms with Crippen LogP contribution in [0.1, 0.15) is 150 Å². The van der Waals surface area contributed by atoms with Crippen molar-refractivity contribution in [3.8, 4) is 0 Å². The summed E-state index contributed by atoms with van der Waals surface area (Å²) in [6.45, 7) is 19.3. The summed E-state index contributed by atoms with van der Waals surface area (Å²) in [5.74, 6) is -7.18. The number of allylic oxidation sites excluding steroid dienone is 6. The normalized spacial score (nSPS) is 32.8. The highest BCUT2D eigenvalue weighted by Gasteiger charge is 2.66. The smallest absolute Gasteiger partial charge is 0.394 e. The number of aliphatic hydroxyl groups excluding tert-OH is 2. The van der Waals surface area contributed by atoms with Crippen LogP contribution in [0.5, 0.6) is 0 Å². The number of phosphoric ester groups is 1. The average Bonchev–Trinajstić information content (AvgIpc) is 1.53. The van der Waals surface area contributed by atoms with E-state index in [1.165, 1.54) is 13.3 Å². The second kappa shape index (κ2) is 25.6. The highest BCUT2D eigenvalue weighted by molar-refractivity contribution is 7.47. The number of aliphatic imine (C=N–C) groups is 3. The Morgan fingerprint density at radius 2 is 1.40 bits per heavy atom. The number of ether oxygens (including phenoxy) is 1. The van der Waals surface area contributed by atoms with Gasteiger partial charge in [-0.1, -0.05) is 34.6 Å². The van der Waals surface area contributed by atoms with E-state index < -0.39 is 143 Å². The van der Waals surface area contributed by atoms with Gasteiger partial charge in [-0.05, 0) is 108 Å². The predicted molar refractivity (Wildman–Crippen MR) is 334 cm³/mol. The van der Waals surface area contributed by atoms with Gasteiger partial charge in [-0.25, -0.2) is 9.55 Å². The number of nitrogens with zero attached hydrogens (tertiary/aromatic N) is 5. The number of amides is 7. The molecule has 6 aliphatic rings. The van der Waals surface area contributed by atoms with Gasteiger partial charge in [0.1, 0.15) is 18.3 Å². The van der Waals surface area contributed by atoms with Gasteiger partial charge in [0, 0.05) is 131 Å². The molecule has 17 N–H and O–H groups in total. The van der Waals surface area contributed by atoms with Crippen molar-refractivity contribution < 1.29 is 67.0 Å². The number of hydrogen-bond acceptors (Lipinski definition) is 18. The third-order valence-electron chi connectivity index (χ3n) is 20.6. The molecular formula is C62H90N13O14P. The van der Waals surface area contributed by atoms with E-state index >= 15 is 0 Å². The second-order valence-electron chi connectivity index (χ2n) is 27.1. The third-order valence-corrected chi connectivity index (χ3v) is 21.7. The number of primary amides is 6. The fraction of sp³-hybridized carbons (Fsp3) is 0.629. The zero-order valence-corrected chi connectivity index (χ0v) is 54.1. The lowest BCUT2D eigenvalue weighted by Gasteiger charge is -2.48. The Morgan fingerprint density at radius 1 is 0.800 bits per heavy atom. The number of aromatic nitrogens is 2. The maximum atomic E-state index is 14.4. The van der Waals surface area contributed by atoms with E-state index in [-0.39, 0.29) is 77.2 Å². The number of carbonyl (C=O) groups excluding carboxylic acids is 7. The largest absolute Gasteiger partial charge is 0.472 e. The van der Waals surface area contributed by atoms with E-state index in [2.05, 4.69) is 15.6 Å². The van der Waals surface area contributed by atoms with Gasteiger partial charge >= 0.3 is 7.82 Å². The van der Waals surface area contributed by atoms with Crippen LogP contribution in [0.3, 0.4) is 0 Å². The van der Waals surface area contributed by atoms with Gasteiger partial charge in [0.15, 0.2) is 6.23 Å². The molecule has 8 rings (SSSR count). The molecule has 2 saturated heterocycles. The first kappa shape index (κ1) is 68.9. The standard InChI is InChI=1S/C62H90N13O14P/c1-29-20-39-40(21-30(29)2)75(28-70-39)57-52(84)53(41(27-76)87-57)89-90(85,86)88-31(3)26-69-49(83)18-19-59(8)37(22-46(66)80)56-62(11)61(10,25-48(68)82)36(14-17-45(65)79)51(74-62)33(5)55-60(9,24-47(67)81)34(12-15-43(63)77)38(71-55)23-42-58(6,7)35(13-16-44(64)78)50(72-42)32(4)54(59)73-56/h20-21,23,28,31,34-37,41,52-53,56-57,71,76,84H,12-19,22,24-27H2,1-11H3,(H2,63,77)(H2,64,78)(H2,65,79)(H2,66,80)(H2,67,81)(H2,68,82)(H,69,83)(H,85,86)/b38-23?,50-32-,55-33?/t31-,34-,35-,36-,37+,41-,52-,53-,56-,57+,59-,60+,61+,62+/m1/s1. The molecular weight excluding hydrogens is 1180 g/mol. The third kappa shape index (κ3) is 13.0. The minimum absolute atomic E-state index is 0.0114. The second-order valence-corrected chi connectivity index (χ2v) is 28.4. The lowest BCUT2D eigenvalue weighted by atomic mass is 9.55. The molecule has 27 nitrogen and oxygen atoms in total. The summed E-state index contributed by atoms with van der Waals surface area (Å²) in [5.41, 5.74) is 37.4. The average molecular weight is 1270 g/mol. The summed E-state index contributed by atoms with van der Waals surface area (Å²) in [6.07, 6.45) is -4.26. The van der Waals surface area contributed by atoms with Gasteiger partial charge in [-0.15, -0.1) is 0 Å². The SMILES string of the molecule is CC1=C2NC(=CC3=N/C(=C(/C)C4=N[C@H]([C@H](CC(N)=O)[C@@]4(C)CCC(=O)NC[C@@H](C)OP(=O)(O)O[C@H]4[C@@H](O)[C@@H](n5cnc6cc(C)c(C)cc65)O[C@@H]4CO)[C@]4(C)N=C1[C@@H](CCC(N)=O)[C@]4(C)CC(N)=O)[C@@H](CCC(N)=O)C3(C)C)[C@@H](CCC(N)=O)[C@]2(C)CC(N)=O. The Hall–Kier alpha value is -7.00. The van der Waals surface area contributed by atoms with Crippen molar-refractivity contribution in [3.63, 3.8) is 0 Å². The number of benzene rings is 1. The fourth-order valence-electron chi connectivity index (χ4n) is 15.4. The van der Waals surface area contributed by atoms with E-state index in [0.29, 0.717) is 56.4 Å². The fourth-order valence-corrected chi connectivity index (χ4v) is 16.6. The van der Waals surface area contributed by atoms with Gasteiger partial charge in [0.2, 0.25) is 41.4 Å². The molecule has 90 heavy (non-hydrogen) atoms. The van der Waals surface area contributed by atoms with E-state index in [1.807, 2.05) is 87.4 Å². The Bertz CT molecular complexity index is 3540. The molecule has 0 spiro atoms. The molecule has 7 heterocycles. The number of carbonyl (C=O) groups is 7. The van der Waals surface area contributed by atoms with Crippen LogP contribution in [-0.4, -0.2) is 132 Å². The monoisotopic (exact) mass is 1270 g/mol. The van der Waals surface area contributed by atoms with Crippen LogP contribution in [0.25, 0.3) is 11.0 Å². The van der Waals surface area contributed by atoms with Crippen LogP contribution >= 0.6 is 7.82 Å². The minimum atomic E-state index is -5.07.